The second-order valence-corrected chi connectivity index (χ2v) is 6.95. The molecule has 0 unspecified atom stereocenters. The Labute approximate surface area is 151 Å². The Kier molecular flexibility index (Phi) is 6.70. The molecule has 0 aliphatic heterocycles. The van der Waals surface area contributed by atoms with Crippen LogP contribution in [0.3, 0.4) is 0 Å². The molecule has 0 bridgehead atoms. The van der Waals surface area contributed by atoms with Gasteiger partial charge in [0.1, 0.15) is 16.5 Å². The summed E-state index contributed by atoms with van der Waals surface area (Å²) in [6.07, 6.45) is 0.941. The minimum atomic E-state index is -0.907. The summed E-state index contributed by atoms with van der Waals surface area (Å²) in [5, 5.41) is 12.0. The second-order valence-electron chi connectivity index (χ2n) is 6.09. The van der Waals surface area contributed by atoms with E-state index in [1.165, 1.54) is 11.3 Å². The van der Waals surface area contributed by atoms with Gasteiger partial charge in [0.05, 0.1) is 24.3 Å². The van der Waals surface area contributed by atoms with E-state index in [-0.39, 0.29) is 24.5 Å². The molecule has 0 radical (unpaired) electrons. The number of benzene rings is 1. The summed E-state index contributed by atoms with van der Waals surface area (Å²) < 4.78 is 5.34. The zero-order valence-corrected chi connectivity index (χ0v) is 15.5. The van der Waals surface area contributed by atoms with Crippen molar-refractivity contribution < 1.29 is 19.4 Å². The van der Waals surface area contributed by atoms with Crippen LogP contribution in [0.5, 0.6) is 5.75 Å². The summed E-state index contributed by atoms with van der Waals surface area (Å²) in [6.45, 7) is 3.81. The molecule has 0 amide bonds. The average Bonchev–Trinajstić information content (AvgIpc) is 3.06. The van der Waals surface area contributed by atoms with E-state index in [0.29, 0.717) is 5.69 Å². The van der Waals surface area contributed by atoms with Crippen molar-refractivity contribution in [3.05, 3.63) is 35.3 Å². The Hall–Kier alpha value is -2.21. The zero-order chi connectivity index (χ0) is 18.4. The van der Waals surface area contributed by atoms with Gasteiger partial charge in [-0.2, -0.15) is 0 Å². The predicted octanol–water partition coefficient (Wildman–Crippen LogP) is 4.07. The maximum Gasteiger partial charge on any atom is 0.307 e. The molecule has 2 atom stereocenters. The molecule has 0 saturated carbocycles. The van der Waals surface area contributed by atoms with E-state index in [4.69, 9.17) is 4.74 Å². The third-order valence-electron chi connectivity index (χ3n) is 4.36. The maximum atomic E-state index is 12.3. The number of hydrogen-bond acceptors (Lipinski definition) is 5. The first-order chi connectivity index (χ1) is 12.0. The number of nitrogens with zero attached hydrogens (tertiary/aromatic N) is 1. The van der Waals surface area contributed by atoms with Crippen LogP contribution in [0.25, 0.3) is 10.6 Å². The van der Waals surface area contributed by atoms with Crippen molar-refractivity contribution >= 4 is 23.1 Å². The van der Waals surface area contributed by atoms with Crippen LogP contribution in [0.15, 0.2) is 29.6 Å². The number of ketones is 1. The molecule has 2 rings (SSSR count). The van der Waals surface area contributed by atoms with E-state index in [1.807, 2.05) is 43.5 Å². The molecule has 25 heavy (non-hydrogen) atoms. The Morgan fingerprint density at radius 3 is 2.68 bits per heavy atom. The number of para-hydroxylation sites is 1. The van der Waals surface area contributed by atoms with Gasteiger partial charge in [0, 0.05) is 18.2 Å². The molecule has 0 fully saturated rings. The zero-order valence-electron chi connectivity index (χ0n) is 14.7. The van der Waals surface area contributed by atoms with E-state index >= 15 is 0 Å². The molecule has 0 spiro atoms. The lowest BCUT2D eigenvalue weighted by Crippen LogP contribution is -2.25. The van der Waals surface area contributed by atoms with Crippen molar-refractivity contribution in [2.24, 2.45) is 11.8 Å². The first kappa shape index (κ1) is 19.1. The molecule has 0 aliphatic rings. The molecule has 5 nitrogen and oxygen atoms in total. The van der Waals surface area contributed by atoms with Crippen LogP contribution >= 0.6 is 11.3 Å². The lowest BCUT2D eigenvalue weighted by Gasteiger charge is -2.17. The van der Waals surface area contributed by atoms with Crippen LogP contribution in [-0.4, -0.2) is 29.0 Å². The van der Waals surface area contributed by atoms with Gasteiger partial charge in [-0.15, -0.1) is 11.3 Å². The van der Waals surface area contributed by atoms with E-state index in [2.05, 4.69) is 4.98 Å². The summed E-state index contributed by atoms with van der Waals surface area (Å²) in [5.74, 6) is -0.927. The molecule has 6 heteroatoms. The van der Waals surface area contributed by atoms with Crippen molar-refractivity contribution in [3.8, 4) is 16.3 Å². The fourth-order valence-corrected chi connectivity index (χ4v) is 3.52. The first-order valence-corrected chi connectivity index (χ1v) is 9.16. The highest BCUT2D eigenvalue weighted by molar-refractivity contribution is 7.13. The van der Waals surface area contributed by atoms with Crippen LogP contribution in [0.4, 0.5) is 0 Å². The van der Waals surface area contributed by atoms with Gasteiger partial charge in [0.15, 0.2) is 0 Å². The van der Waals surface area contributed by atoms with Crippen LogP contribution in [-0.2, 0) is 16.0 Å². The predicted molar refractivity (Wildman–Crippen MR) is 98.0 cm³/mol. The van der Waals surface area contributed by atoms with Gasteiger partial charge in [0.25, 0.3) is 0 Å². The van der Waals surface area contributed by atoms with Gasteiger partial charge in [-0.3, -0.25) is 9.59 Å². The molecule has 1 aromatic carbocycles. The van der Waals surface area contributed by atoms with Crippen molar-refractivity contribution in [2.45, 2.75) is 33.1 Å². The Bertz CT molecular complexity index is 741. The van der Waals surface area contributed by atoms with Crippen LogP contribution < -0.4 is 4.74 Å². The van der Waals surface area contributed by atoms with Crippen LogP contribution in [0.2, 0.25) is 0 Å². The SMILES string of the molecule is CC[C@@H](C)[C@H](CC(=O)Cc1csc(-c2ccccc2OC)n1)C(=O)O. The van der Waals surface area contributed by atoms with Gasteiger partial charge >= 0.3 is 5.97 Å². The standard InChI is InChI=1S/C19H23NO4S/c1-4-12(2)16(19(22)23)10-14(21)9-13-11-25-18(20-13)15-7-5-6-8-17(15)24-3/h5-8,11-12,16H,4,9-10H2,1-3H3,(H,22,23)/t12-,16+/m1/s1. The monoisotopic (exact) mass is 361 g/mol. The number of carboxylic acids is 1. The summed E-state index contributed by atoms with van der Waals surface area (Å²) in [6, 6.07) is 7.59. The normalized spacial score (nSPS) is 13.2. The van der Waals surface area contributed by atoms with Gasteiger partial charge < -0.3 is 9.84 Å². The van der Waals surface area contributed by atoms with Crippen molar-refractivity contribution in [3.63, 3.8) is 0 Å². The molecule has 134 valence electrons. The van der Waals surface area contributed by atoms with Gasteiger partial charge in [-0.25, -0.2) is 4.98 Å². The number of methoxy groups -OCH3 is 1. The third-order valence-corrected chi connectivity index (χ3v) is 5.29. The molecule has 1 N–H and O–H groups in total. The smallest absolute Gasteiger partial charge is 0.307 e. The van der Waals surface area contributed by atoms with Crippen molar-refractivity contribution in [1.29, 1.82) is 0 Å². The maximum absolute atomic E-state index is 12.3. The lowest BCUT2D eigenvalue weighted by molar-refractivity contribution is -0.145. The average molecular weight is 361 g/mol. The highest BCUT2D eigenvalue weighted by atomic mass is 32.1. The second kappa shape index (κ2) is 8.76. The number of rotatable bonds is 9. The Morgan fingerprint density at radius 1 is 1.32 bits per heavy atom. The number of aromatic nitrogens is 1. The fraction of sp³-hybridized carbons (Fsp3) is 0.421. The summed E-state index contributed by atoms with van der Waals surface area (Å²) in [5.41, 5.74) is 1.56. The number of hydrogen-bond donors (Lipinski definition) is 1. The van der Waals surface area contributed by atoms with E-state index < -0.39 is 11.9 Å². The van der Waals surface area contributed by atoms with Crippen molar-refractivity contribution in [2.75, 3.05) is 7.11 Å². The number of Topliss-reactive ketones (excluding diaryl/α,β-unsaturated/α-hetero) is 1. The van der Waals surface area contributed by atoms with E-state index in [1.54, 1.807) is 7.11 Å². The quantitative estimate of drug-likeness (QED) is 0.728. The Morgan fingerprint density at radius 2 is 2.04 bits per heavy atom. The molecule has 1 aromatic heterocycles. The highest BCUT2D eigenvalue weighted by Gasteiger charge is 2.26. The lowest BCUT2D eigenvalue weighted by atomic mass is 9.87. The van der Waals surface area contributed by atoms with Gasteiger partial charge in [-0.05, 0) is 18.1 Å². The summed E-state index contributed by atoms with van der Waals surface area (Å²) >= 11 is 1.45. The summed E-state index contributed by atoms with van der Waals surface area (Å²) in [7, 11) is 1.61. The van der Waals surface area contributed by atoms with Gasteiger partial charge in [0.2, 0.25) is 0 Å². The van der Waals surface area contributed by atoms with Crippen LogP contribution in [0, 0.1) is 11.8 Å². The van der Waals surface area contributed by atoms with Crippen LogP contribution in [0.1, 0.15) is 32.4 Å². The number of ether oxygens (including phenoxy) is 1. The topological polar surface area (TPSA) is 76.5 Å². The Balaban J connectivity index is 2.08. The minimum Gasteiger partial charge on any atom is -0.496 e. The molecule has 0 saturated heterocycles. The molecular weight excluding hydrogens is 338 g/mol. The van der Waals surface area contributed by atoms with Crippen molar-refractivity contribution in [1.82, 2.24) is 4.98 Å². The minimum absolute atomic E-state index is 0.0268. The molecule has 0 aliphatic carbocycles. The highest BCUT2D eigenvalue weighted by Crippen LogP contribution is 2.32. The number of carbonyl (C=O) groups is 2. The first-order valence-electron chi connectivity index (χ1n) is 8.28. The number of carboxylic acid groups (broad SMARTS) is 1. The number of carbonyl (C=O) groups excluding carboxylic acids is 1. The van der Waals surface area contributed by atoms with E-state index in [9.17, 15) is 14.7 Å². The summed E-state index contributed by atoms with van der Waals surface area (Å²) in [4.78, 5) is 28.2. The molecule has 1 heterocycles. The number of aliphatic carboxylic acids is 1. The number of thiazole rings is 1. The largest absolute Gasteiger partial charge is 0.496 e. The third kappa shape index (κ3) is 4.89. The molecule has 2 aromatic rings. The van der Waals surface area contributed by atoms with E-state index in [0.717, 1.165) is 22.7 Å². The van der Waals surface area contributed by atoms with Gasteiger partial charge in [-0.1, -0.05) is 32.4 Å². The molecular formula is C19H23NO4S. The fourth-order valence-electron chi connectivity index (χ4n) is 2.67.